The summed E-state index contributed by atoms with van der Waals surface area (Å²) < 4.78 is 0. The van der Waals surface area contributed by atoms with Crippen LogP contribution in [0.3, 0.4) is 0 Å². The van der Waals surface area contributed by atoms with E-state index in [1.165, 1.54) is 36.7 Å². The van der Waals surface area contributed by atoms with Crippen molar-refractivity contribution in [2.75, 3.05) is 5.32 Å². The van der Waals surface area contributed by atoms with E-state index in [1.807, 2.05) is 0 Å². The Morgan fingerprint density at radius 2 is 1.95 bits per heavy atom. The Morgan fingerprint density at radius 3 is 2.55 bits per heavy atom. The maximum absolute atomic E-state index is 11.9. The predicted octanol–water partition coefficient (Wildman–Crippen LogP) is 1.98. The minimum Gasteiger partial charge on any atom is -0.478 e. The highest BCUT2D eigenvalue weighted by Gasteiger charge is 2.12. The SMILES string of the molecule is O=C(O)c1ccc(NC(=O)c2c[nH]ccc2=O)cc1Cl. The van der Waals surface area contributed by atoms with Gasteiger partial charge in [-0.15, -0.1) is 0 Å². The number of pyridine rings is 1. The first-order valence-electron chi connectivity index (χ1n) is 5.50. The molecule has 0 unspecified atom stereocenters. The fraction of sp³-hybridized carbons (Fsp3) is 0. The number of amides is 1. The number of carbonyl (C=O) groups is 2. The van der Waals surface area contributed by atoms with Gasteiger partial charge in [-0.25, -0.2) is 4.79 Å². The summed E-state index contributed by atoms with van der Waals surface area (Å²) >= 11 is 5.79. The first-order valence-corrected chi connectivity index (χ1v) is 5.88. The fourth-order valence-corrected chi connectivity index (χ4v) is 1.82. The number of benzene rings is 1. The third-order valence-electron chi connectivity index (χ3n) is 2.53. The molecule has 20 heavy (non-hydrogen) atoms. The number of carboxylic acids is 1. The van der Waals surface area contributed by atoms with Crippen LogP contribution in [0.4, 0.5) is 5.69 Å². The van der Waals surface area contributed by atoms with E-state index in [1.54, 1.807) is 0 Å². The standard InChI is InChI=1S/C13H9ClN2O4/c14-10-5-7(1-2-8(10)13(19)20)16-12(18)9-6-15-4-3-11(9)17/h1-6H,(H,15,17)(H,16,18)(H,19,20). The van der Waals surface area contributed by atoms with Gasteiger partial charge in [-0.2, -0.15) is 0 Å². The summed E-state index contributed by atoms with van der Waals surface area (Å²) in [5.74, 6) is -1.77. The molecule has 1 heterocycles. The summed E-state index contributed by atoms with van der Waals surface area (Å²) in [5, 5.41) is 11.3. The van der Waals surface area contributed by atoms with Gasteiger partial charge in [0.15, 0.2) is 5.43 Å². The summed E-state index contributed by atoms with van der Waals surface area (Å²) in [6.07, 6.45) is 2.70. The molecule has 0 radical (unpaired) electrons. The van der Waals surface area contributed by atoms with Crippen LogP contribution >= 0.6 is 11.6 Å². The summed E-state index contributed by atoms with van der Waals surface area (Å²) in [7, 11) is 0. The second kappa shape index (κ2) is 5.58. The lowest BCUT2D eigenvalue weighted by molar-refractivity contribution is 0.0697. The Morgan fingerprint density at radius 1 is 1.20 bits per heavy atom. The number of hydrogen-bond acceptors (Lipinski definition) is 3. The molecule has 0 bridgehead atoms. The molecule has 2 aromatic rings. The van der Waals surface area contributed by atoms with E-state index in [0.29, 0.717) is 5.69 Å². The molecule has 102 valence electrons. The zero-order chi connectivity index (χ0) is 14.7. The van der Waals surface area contributed by atoms with Crippen molar-refractivity contribution >= 4 is 29.2 Å². The van der Waals surface area contributed by atoms with E-state index >= 15 is 0 Å². The molecule has 3 N–H and O–H groups in total. The minimum absolute atomic E-state index is 0.00253. The number of rotatable bonds is 3. The van der Waals surface area contributed by atoms with Crippen molar-refractivity contribution in [3.63, 3.8) is 0 Å². The van der Waals surface area contributed by atoms with E-state index < -0.39 is 17.3 Å². The Hall–Kier alpha value is -2.60. The number of anilines is 1. The zero-order valence-corrected chi connectivity index (χ0v) is 10.8. The topological polar surface area (TPSA) is 99.3 Å². The number of carbonyl (C=O) groups excluding carboxylic acids is 1. The molecule has 2 rings (SSSR count). The van der Waals surface area contributed by atoms with Crippen LogP contribution < -0.4 is 10.7 Å². The Bertz CT molecular complexity index is 739. The molecule has 1 aromatic carbocycles. The van der Waals surface area contributed by atoms with Crippen molar-refractivity contribution in [3.8, 4) is 0 Å². The maximum atomic E-state index is 11.9. The van der Waals surface area contributed by atoms with Crippen molar-refractivity contribution in [1.29, 1.82) is 0 Å². The average Bonchev–Trinajstić information content (AvgIpc) is 2.38. The van der Waals surface area contributed by atoms with Crippen LogP contribution in [0.25, 0.3) is 0 Å². The number of H-pyrrole nitrogens is 1. The summed E-state index contributed by atoms with van der Waals surface area (Å²) in [4.78, 5) is 36.8. The van der Waals surface area contributed by atoms with Gasteiger partial charge in [0, 0.05) is 24.1 Å². The molecule has 0 aliphatic rings. The van der Waals surface area contributed by atoms with Crippen LogP contribution in [0.2, 0.25) is 5.02 Å². The van der Waals surface area contributed by atoms with Gasteiger partial charge in [0.05, 0.1) is 10.6 Å². The largest absolute Gasteiger partial charge is 0.478 e. The van der Waals surface area contributed by atoms with Crippen LogP contribution in [0.5, 0.6) is 0 Å². The number of halogens is 1. The maximum Gasteiger partial charge on any atom is 0.337 e. The molecule has 0 atom stereocenters. The molecule has 0 spiro atoms. The highest BCUT2D eigenvalue weighted by molar-refractivity contribution is 6.33. The molecule has 1 aromatic heterocycles. The summed E-state index contributed by atoms with van der Waals surface area (Å²) in [6, 6.07) is 5.20. The molecule has 0 aliphatic heterocycles. The van der Waals surface area contributed by atoms with Crippen LogP contribution in [-0.4, -0.2) is 22.0 Å². The zero-order valence-electron chi connectivity index (χ0n) is 10.0. The van der Waals surface area contributed by atoms with Gasteiger partial charge in [0.2, 0.25) is 0 Å². The highest BCUT2D eigenvalue weighted by Crippen LogP contribution is 2.21. The Kier molecular flexibility index (Phi) is 3.86. The van der Waals surface area contributed by atoms with Crippen LogP contribution in [0.1, 0.15) is 20.7 Å². The number of nitrogens with one attached hydrogen (secondary N) is 2. The van der Waals surface area contributed by atoms with Gasteiger partial charge >= 0.3 is 5.97 Å². The Labute approximate surface area is 118 Å². The second-order valence-electron chi connectivity index (χ2n) is 3.88. The summed E-state index contributed by atoms with van der Waals surface area (Å²) in [6.45, 7) is 0. The summed E-state index contributed by atoms with van der Waals surface area (Å²) in [5.41, 5.74) is -0.240. The van der Waals surface area contributed by atoms with Gasteiger partial charge in [-0.1, -0.05) is 11.6 Å². The van der Waals surface area contributed by atoms with Gasteiger partial charge in [-0.3, -0.25) is 9.59 Å². The monoisotopic (exact) mass is 292 g/mol. The minimum atomic E-state index is -1.16. The van der Waals surface area contributed by atoms with Gasteiger partial charge in [0.25, 0.3) is 5.91 Å². The molecular formula is C13H9ClN2O4. The van der Waals surface area contributed by atoms with Gasteiger partial charge in [0.1, 0.15) is 5.56 Å². The van der Waals surface area contributed by atoms with Gasteiger partial charge < -0.3 is 15.4 Å². The van der Waals surface area contributed by atoms with Gasteiger partial charge in [-0.05, 0) is 18.2 Å². The van der Waals surface area contributed by atoms with Crippen molar-refractivity contribution in [2.24, 2.45) is 0 Å². The molecule has 0 fully saturated rings. The van der Waals surface area contributed by atoms with Crippen LogP contribution in [0, 0.1) is 0 Å². The quantitative estimate of drug-likeness (QED) is 0.805. The van der Waals surface area contributed by atoms with Crippen LogP contribution in [0.15, 0.2) is 41.5 Å². The van der Waals surface area contributed by atoms with Crippen molar-refractivity contribution in [2.45, 2.75) is 0 Å². The average molecular weight is 293 g/mol. The number of aromatic carboxylic acids is 1. The van der Waals surface area contributed by atoms with E-state index in [2.05, 4.69) is 10.3 Å². The second-order valence-corrected chi connectivity index (χ2v) is 4.28. The molecule has 0 aliphatic carbocycles. The van der Waals surface area contributed by atoms with Crippen molar-refractivity contribution in [1.82, 2.24) is 4.98 Å². The fourth-order valence-electron chi connectivity index (χ4n) is 1.56. The number of aromatic nitrogens is 1. The predicted molar refractivity (Wildman–Crippen MR) is 73.4 cm³/mol. The van der Waals surface area contributed by atoms with Crippen LogP contribution in [-0.2, 0) is 0 Å². The molecule has 0 saturated carbocycles. The lowest BCUT2D eigenvalue weighted by atomic mass is 10.2. The molecule has 1 amide bonds. The number of aromatic amines is 1. The molecule has 6 nitrogen and oxygen atoms in total. The number of carboxylic acid groups (broad SMARTS) is 1. The smallest absolute Gasteiger partial charge is 0.337 e. The van der Waals surface area contributed by atoms with E-state index in [4.69, 9.17) is 16.7 Å². The Balaban J connectivity index is 2.25. The third kappa shape index (κ3) is 2.86. The lowest BCUT2D eigenvalue weighted by Gasteiger charge is -2.06. The molecule has 7 heteroatoms. The lowest BCUT2D eigenvalue weighted by Crippen LogP contribution is -2.20. The molecular weight excluding hydrogens is 284 g/mol. The van der Waals surface area contributed by atoms with E-state index in [0.717, 1.165) is 0 Å². The van der Waals surface area contributed by atoms with Crippen molar-refractivity contribution < 1.29 is 14.7 Å². The van der Waals surface area contributed by atoms with E-state index in [-0.39, 0.29) is 16.1 Å². The first kappa shape index (κ1) is 13.8. The first-order chi connectivity index (χ1) is 9.49. The van der Waals surface area contributed by atoms with E-state index in [9.17, 15) is 14.4 Å². The third-order valence-corrected chi connectivity index (χ3v) is 2.84. The van der Waals surface area contributed by atoms with Crippen molar-refractivity contribution in [3.05, 3.63) is 63.0 Å². The number of hydrogen-bond donors (Lipinski definition) is 3. The molecule has 0 saturated heterocycles. The normalized spacial score (nSPS) is 10.1. The highest BCUT2D eigenvalue weighted by atomic mass is 35.5.